The van der Waals surface area contributed by atoms with Crippen molar-refractivity contribution in [2.45, 2.75) is 71.1 Å². The van der Waals surface area contributed by atoms with Crippen LogP contribution in [0.5, 0.6) is 0 Å². The van der Waals surface area contributed by atoms with Crippen molar-refractivity contribution in [3.63, 3.8) is 0 Å². The molecule has 10 heteroatoms. The lowest BCUT2D eigenvalue weighted by Gasteiger charge is -2.19. The molecule has 10 nitrogen and oxygen atoms in total. The molecule has 1 aromatic carbocycles. The molecular formula is C22H30N6O4. The SMILES string of the molecule is CCCCC(C(=O)O)n1nnnc1C(N)Cc1cn(C(=O)OC(C)(C)C)c2ccccc12. The summed E-state index contributed by atoms with van der Waals surface area (Å²) in [4.78, 5) is 24.5. The fourth-order valence-electron chi connectivity index (χ4n) is 3.62. The number of benzene rings is 1. The summed E-state index contributed by atoms with van der Waals surface area (Å²) in [7, 11) is 0. The van der Waals surface area contributed by atoms with Crippen LogP contribution in [0.4, 0.5) is 4.79 Å². The summed E-state index contributed by atoms with van der Waals surface area (Å²) >= 11 is 0. The molecule has 0 bridgehead atoms. The zero-order chi connectivity index (χ0) is 23.5. The van der Waals surface area contributed by atoms with E-state index in [1.165, 1.54) is 9.25 Å². The maximum atomic E-state index is 12.7. The molecule has 0 amide bonds. The van der Waals surface area contributed by atoms with Crippen molar-refractivity contribution in [1.29, 1.82) is 0 Å². The third-order valence-electron chi connectivity index (χ3n) is 5.09. The van der Waals surface area contributed by atoms with Gasteiger partial charge in [-0.1, -0.05) is 38.0 Å². The Kier molecular flexibility index (Phi) is 6.93. The molecule has 3 rings (SSSR count). The van der Waals surface area contributed by atoms with Crippen molar-refractivity contribution >= 4 is 23.0 Å². The third-order valence-corrected chi connectivity index (χ3v) is 5.09. The highest BCUT2D eigenvalue weighted by molar-refractivity contribution is 5.92. The number of hydrogen-bond donors (Lipinski definition) is 2. The first-order chi connectivity index (χ1) is 15.1. The molecule has 0 aliphatic heterocycles. The first-order valence-electron chi connectivity index (χ1n) is 10.7. The minimum Gasteiger partial charge on any atom is -0.480 e. The Morgan fingerprint density at radius 2 is 1.97 bits per heavy atom. The Labute approximate surface area is 186 Å². The molecule has 0 aliphatic rings. The van der Waals surface area contributed by atoms with Gasteiger partial charge in [0.25, 0.3) is 0 Å². The number of rotatable bonds is 8. The van der Waals surface area contributed by atoms with Gasteiger partial charge in [-0.3, -0.25) is 4.57 Å². The molecule has 0 radical (unpaired) electrons. The van der Waals surface area contributed by atoms with Crippen LogP contribution in [0.2, 0.25) is 0 Å². The van der Waals surface area contributed by atoms with E-state index in [2.05, 4.69) is 15.5 Å². The van der Waals surface area contributed by atoms with Gasteiger partial charge < -0.3 is 15.6 Å². The maximum absolute atomic E-state index is 12.7. The van der Waals surface area contributed by atoms with Gasteiger partial charge in [0.1, 0.15) is 5.60 Å². The Morgan fingerprint density at radius 1 is 1.25 bits per heavy atom. The number of ether oxygens (including phenoxy) is 1. The highest BCUT2D eigenvalue weighted by atomic mass is 16.6. The number of carboxylic acid groups (broad SMARTS) is 1. The molecule has 2 aromatic heterocycles. The lowest BCUT2D eigenvalue weighted by Crippen LogP contribution is -2.27. The molecule has 0 saturated carbocycles. The van der Waals surface area contributed by atoms with Crippen molar-refractivity contribution in [1.82, 2.24) is 24.8 Å². The number of fused-ring (bicyclic) bond motifs is 1. The zero-order valence-electron chi connectivity index (χ0n) is 18.9. The monoisotopic (exact) mass is 442 g/mol. The van der Waals surface area contributed by atoms with Crippen LogP contribution in [0.3, 0.4) is 0 Å². The second kappa shape index (κ2) is 9.47. The Morgan fingerprint density at radius 3 is 2.62 bits per heavy atom. The number of carboxylic acids is 1. The van der Waals surface area contributed by atoms with Crippen LogP contribution >= 0.6 is 0 Å². The first kappa shape index (κ1) is 23.4. The molecule has 3 aromatic rings. The van der Waals surface area contributed by atoms with Crippen LogP contribution in [-0.2, 0) is 16.0 Å². The number of carbonyl (C=O) groups excluding carboxylic acids is 1. The van der Waals surface area contributed by atoms with Crippen molar-refractivity contribution in [2.75, 3.05) is 0 Å². The van der Waals surface area contributed by atoms with Crippen LogP contribution in [0.1, 0.15) is 70.4 Å². The van der Waals surface area contributed by atoms with Gasteiger partial charge in [-0.25, -0.2) is 14.3 Å². The normalized spacial score (nSPS) is 13.8. The summed E-state index contributed by atoms with van der Waals surface area (Å²) in [5.41, 5.74) is 7.32. The van der Waals surface area contributed by atoms with Crippen LogP contribution < -0.4 is 5.73 Å². The predicted molar refractivity (Wildman–Crippen MR) is 118 cm³/mol. The average Bonchev–Trinajstić information content (AvgIpc) is 3.32. The summed E-state index contributed by atoms with van der Waals surface area (Å²) in [6.07, 6.45) is 3.54. The van der Waals surface area contributed by atoms with E-state index in [4.69, 9.17) is 10.5 Å². The van der Waals surface area contributed by atoms with Gasteiger partial charge >= 0.3 is 12.1 Å². The quantitative estimate of drug-likeness (QED) is 0.541. The minimum absolute atomic E-state index is 0.294. The molecule has 172 valence electrons. The molecule has 2 unspecified atom stereocenters. The molecular weight excluding hydrogens is 412 g/mol. The molecule has 32 heavy (non-hydrogen) atoms. The Hall–Kier alpha value is -3.27. The van der Waals surface area contributed by atoms with Crippen LogP contribution in [0, 0.1) is 0 Å². The Balaban J connectivity index is 1.92. The van der Waals surface area contributed by atoms with E-state index < -0.39 is 29.7 Å². The van der Waals surface area contributed by atoms with Crippen LogP contribution in [0.15, 0.2) is 30.5 Å². The number of tetrazole rings is 1. The molecule has 0 saturated heterocycles. The average molecular weight is 443 g/mol. The Bertz CT molecular complexity index is 1100. The number of carbonyl (C=O) groups is 2. The lowest BCUT2D eigenvalue weighted by molar-refractivity contribution is -0.141. The number of nitrogens with two attached hydrogens (primary N) is 1. The van der Waals surface area contributed by atoms with E-state index in [0.717, 1.165) is 23.8 Å². The van der Waals surface area contributed by atoms with Gasteiger partial charge in [-0.05, 0) is 55.7 Å². The fourth-order valence-corrected chi connectivity index (χ4v) is 3.62. The van der Waals surface area contributed by atoms with E-state index >= 15 is 0 Å². The van der Waals surface area contributed by atoms with E-state index in [1.807, 2.05) is 52.0 Å². The van der Waals surface area contributed by atoms with E-state index in [0.29, 0.717) is 24.2 Å². The van der Waals surface area contributed by atoms with Crippen LogP contribution in [-0.4, -0.2) is 47.5 Å². The van der Waals surface area contributed by atoms with E-state index in [1.54, 1.807) is 6.20 Å². The first-order valence-corrected chi connectivity index (χ1v) is 10.7. The summed E-state index contributed by atoms with van der Waals surface area (Å²) in [5.74, 6) is -0.705. The highest BCUT2D eigenvalue weighted by Crippen LogP contribution is 2.27. The summed E-state index contributed by atoms with van der Waals surface area (Å²) in [6.45, 7) is 7.42. The van der Waals surface area contributed by atoms with Crippen molar-refractivity contribution in [3.05, 3.63) is 41.9 Å². The maximum Gasteiger partial charge on any atom is 0.419 e. The topological polar surface area (TPSA) is 138 Å². The molecule has 2 heterocycles. The van der Waals surface area contributed by atoms with Crippen molar-refractivity contribution < 1.29 is 19.4 Å². The lowest BCUT2D eigenvalue weighted by atomic mass is 10.0. The van der Waals surface area contributed by atoms with Crippen LogP contribution in [0.25, 0.3) is 10.9 Å². The third kappa shape index (κ3) is 5.13. The second-order valence-electron chi connectivity index (χ2n) is 8.81. The van der Waals surface area contributed by atoms with Gasteiger partial charge in [0.2, 0.25) is 0 Å². The minimum atomic E-state index is -0.999. The standard InChI is InChI=1S/C22H30N6O4/c1-5-6-10-18(20(29)30)28-19(24-25-26-28)16(23)12-14-13-27(21(31)32-22(2,3)4)17-11-8-7-9-15(14)17/h7-9,11,13,16,18H,5-6,10,12,23H2,1-4H3,(H,29,30). The summed E-state index contributed by atoms with van der Waals surface area (Å²) in [6, 6.07) is 5.93. The number of aromatic nitrogens is 5. The van der Waals surface area contributed by atoms with Gasteiger partial charge in [0.05, 0.1) is 11.6 Å². The summed E-state index contributed by atoms with van der Waals surface area (Å²) in [5, 5.41) is 22.1. The molecule has 0 spiro atoms. The van der Waals surface area contributed by atoms with Crippen molar-refractivity contribution in [3.8, 4) is 0 Å². The number of para-hydroxylation sites is 1. The molecule has 2 atom stereocenters. The molecule has 0 aliphatic carbocycles. The van der Waals surface area contributed by atoms with Gasteiger partial charge in [-0.15, -0.1) is 5.10 Å². The smallest absolute Gasteiger partial charge is 0.419 e. The van der Waals surface area contributed by atoms with Gasteiger partial charge in [0, 0.05) is 11.6 Å². The number of unbranched alkanes of at least 4 members (excludes halogenated alkanes) is 1. The van der Waals surface area contributed by atoms with Crippen molar-refractivity contribution in [2.24, 2.45) is 5.73 Å². The largest absolute Gasteiger partial charge is 0.480 e. The predicted octanol–water partition coefficient (Wildman–Crippen LogP) is 3.47. The van der Waals surface area contributed by atoms with Gasteiger partial charge in [0.15, 0.2) is 11.9 Å². The fraction of sp³-hybridized carbons (Fsp3) is 0.500. The highest BCUT2D eigenvalue weighted by Gasteiger charge is 2.28. The zero-order valence-corrected chi connectivity index (χ0v) is 18.9. The number of nitrogens with zero attached hydrogens (tertiary/aromatic N) is 5. The number of aliphatic carboxylic acids is 1. The molecule has 0 fully saturated rings. The van der Waals surface area contributed by atoms with Gasteiger partial charge in [-0.2, -0.15) is 0 Å². The van der Waals surface area contributed by atoms with E-state index in [9.17, 15) is 14.7 Å². The summed E-state index contributed by atoms with van der Waals surface area (Å²) < 4.78 is 8.29. The van der Waals surface area contributed by atoms with E-state index in [-0.39, 0.29) is 0 Å². The molecule has 3 N–H and O–H groups in total. The second-order valence-corrected chi connectivity index (χ2v) is 8.81. The number of hydrogen-bond acceptors (Lipinski definition) is 7.